The Kier molecular flexibility index (Phi) is 3.97. The Labute approximate surface area is 109 Å². The highest BCUT2D eigenvalue weighted by Gasteiger charge is 2.07. The lowest BCUT2D eigenvalue weighted by Crippen LogP contribution is -2.11. The second kappa shape index (κ2) is 5.85. The fourth-order valence-electron chi connectivity index (χ4n) is 1.53. The van der Waals surface area contributed by atoms with Crippen LogP contribution in [0.15, 0.2) is 30.5 Å². The first-order valence-corrected chi connectivity index (χ1v) is 5.70. The van der Waals surface area contributed by atoms with Gasteiger partial charge in [0.1, 0.15) is 5.75 Å². The summed E-state index contributed by atoms with van der Waals surface area (Å²) in [7, 11) is 1.62. The standard InChI is InChI=1S/C12H14N4O3/c1-19-10-4-2-9(3-5-10)13-6-7-16-8-11(12(17)18)14-15-16/h2-5,8,13H,6-7H2,1H3,(H,17,18). The number of benzene rings is 1. The number of carboxylic acids is 1. The molecule has 1 aromatic heterocycles. The van der Waals surface area contributed by atoms with Gasteiger partial charge in [-0.1, -0.05) is 5.21 Å². The summed E-state index contributed by atoms with van der Waals surface area (Å²) < 4.78 is 6.55. The minimum absolute atomic E-state index is 0.0514. The van der Waals surface area contributed by atoms with Crippen molar-refractivity contribution in [2.24, 2.45) is 0 Å². The average Bonchev–Trinajstić information content (AvgIpc) is 2.89. The maximum Gasteiger partial charge on any atom is 0.358 e. The van der Waals surface area contributed by atoms with Gasteiger partial charge < -0.3 is 15.2 Å². The molecule has 7 nitrogen and oxygen atoms in total. The van der Waals surface area contributed by atoms with E-state index < -0.39 is 5.97 Å². The zero-order valence-corrected chi connectivity index (χ0v) is 10.4. The van der Waals surface area contributed by atoms with Crippen molar-refractivity contribution < 1.29 is 14.6 Å². The van der Waals surface area contributed by atoms with Crippen molar-refractivity contribution in [3.05, 3.63) is 36.2 Å². The van der Waals surface area contributed by atoms with Gasteiger partial charge in [-0.15, -0.1) is 5.10 Å². The highest BCUT2D eigenvalue weighted by molar-refractivity contribution is 5.84. The molecule has 0 unspecified atom stereocenters. The molecule has 19 heavy (non-hydrogen) atoms. The third kappa shape index (κ3) is 3.44. The number of aromatic carboxylic acids is 1. The SMILES string of the molecule is COc1ccc(NCCn2cc(C(=O)O)nn2)cc1. The lowest BCUT2D eigenvalue weighted by Gasteiger charge is -2.06. The Hall–Kier alpha value is -2.57. The highest BCUT2D eigenvalue weighted by atomic mass is 16.5. The number of carbonyl (C=O) groups is 1. The van der Waals surface area contributed by atoms with Crippen molar-refractivity contribution in [1.29, 1.82) is 0 Å². The van der Waals surface area contributed by atoms with Crippen LogP contribution in [0.1, 0.15) is 10.5 Å². The van der Waals surface area contributed by atoms with Gasteiger partial charge in [-0.2, -0.15) is 0 Å². The fourth-order valence-corrected chi connectivity index (χ4v) is 1.53. The molecule has 2 rings (SSSR count). The second-order valence-corrected chi connectivity index (χ2v) is 3.83. The third-order valence-corrected chi connectivity index (χ3v) is 2.52. The normalized spacial score (nSPS) is 10.2. The van der Waals surface area contributed by atoms with Gasteiger partial charge in [0.15, 0.2) is 5.69 Å². The summed E-state index contributed by atoms with van der Waals surface area (Å²) in [5.41, 5.74) is 0.906. The molecule has 0 fully saturated rings. The van der Waals surface area contributed by atoms with E-state index in [0.717, 1.165) is 11.4 Å². The van der Waals surface area contributed by atoms with Gasteiger partial charge in [0.25, 0.3) is 0 Å². The largest absolute Gasteiger partial charge is 0.497 e. The number of methoxy groups -OCH3 is 1. The molecule has 0 spiro atoms. The van der Waals surface area contributed by atoms with Crippen LogP contribution >= 0.6 is 0 Å². The molecule has 0 radical (unpaired) electrons. The lowest BCUT2D eigenvalue weighted by atomic mass is 10.3. The minimum atomic E-state index is -1.07. The van der Waals surface area contributed by atoms with Crippen molar-refractivity contribution >= 4 is 11.7 Å². The van der Waals surface area contributed by atoms with Gasteiger partial charge in [-0.25, -0.2) is 9.48 Å². The first kappa shape index (κ1) is 12.9. The highest BCUT2D eigenvalue weighted by Crippen LogP contribution is 2.14. The minimum Gasteiger partial charge on any atom is -0.497 e. The van der Waals surface area contributed by atoms with Gasteiger partial charge >= 0.3 is 5.97 Å². The van der Waals surface area contributed by atoms with E-state index in [4.69, 9.17) is 9.84 Å². The fraction of sp³-hybridized carbons (Fsp3) is 0.250. The number of nitrogens with zero attached hydrogens (tertiary/aromatic N) is 3. The molecule has 0 aliphatic heterocycles. The quantitative estimate of drug-likeness (QED) is 0.810. The zero-order valence-electron chi connectivity index (χ0n) is 10.4. The van der Waals surface area contributed by atoms with E-state index in [1.807, 2.05) is 24.3 Å². The predicted molar refractivity (Wildman–Crippen MR) is 68.5 cm³/mol. The van der Waals surface area contributed by atoms with E-state index in [9.17, 15) is 4.79 Å². The summed E-state index contributed by atoms with van der Waals surface area (Å²) >= 11 is 0. The molecule has 1 heterocycles. The second-order valence-electron chi connectivity index (χ2n) is 3.83. The molecule has 2 N–H and O–H groups in total. The van der Waals surface area contributed by atoms with Crippen LogP contribution in [0.2, 0.25) is 0 Å². The first-order chi connectivity index (χ1) is 9.19. The Bertz CT molecular complexity index is 550. The van der Waals surface area contributed by atoms with Crippen LogP contribution in [0.5, 0.6) is 5.75 Å². The first-order valence-electron chi connectivity index (χ1n) is 5.70. The zero-order chi connectivity index (χ0) is 13.7. The maximum atomic E-state index is 10.6. The van der Waals surface area contributed by atoms with E-state index in [-0.39, 0.29) is 5.69 Å². The molecule has 0 aliphatic rings. The van der Waals surface area contributed by atoms with Crippen LogP contribution in [-0.2, 0) is 6.54 Å². The predicted octanol–water partition coefficient (Wildman–Crippen LogP) is 1.10. The summed E-state index contributed by atoms with van der Waals surface area (Å²) in [5, 5.41) is 19.2. The average molecular weight is 262 g/mol. The molecule has 2 aromatic rings. The van der Waals surface area contributed by atoms with Crippen LogP contribution in [0.25, 0.3) is 0 Å². The Morgan fingerprint density at radius 1 is 1.42 bits per heavy atom. The molecular weight excluding hydrogens is 248 g/mol. The monoisotopic (exact) mass is 262 g/mol. The number of rotatable bonds is 6. The van der Waals surface area contributed by atoms with Gasteiger partial charge in [-0.3, -0.25) is 0 Å². The van der Waals surface area contributed by atoms with Crippen molar-refractivity contribution in [2.75, 3.05) is 19.0 Å². The third-order valence-electron chi connectivity index (χ3n) is 2.52. The number of nitrogens with one attached hydrogen (secondary N) is 1. The molecule has 0 saturated carbocycles. The Morgan fingerprint density at radius 2 is 2.16 bits per heavy atom. The van der Waals surface area contributed by atoms with Gasteiger partial charge in [0.2, 0.25) is 0 Å². The molecule has 0 aliphatic carbocycles. The number of hydrogen-bond acceptors (Lipinski definition) is 5. The van der Waals surface area contributed by atoms with Crippen LogP contribution in [0, 0.1) is 0 Å². The molecule has 0 bridgehead atoms. The van der Waals surface area contributed by atoms with E-state index >= 15 is 0 Å². The molecule has 0 atom stereocenters. The van der Waals surface area contributed by atoms with E-state index in [1.54, 1.807) is 7.11 Å². The van der Waals surface area contributed by atoms with E-state index in [0.29, 0.717) is 13.1 Å². The van der Waals surface area contributed by atoms with Gasteiger partial charge in [0, 0.05) is 12.2 Å². The summed E-state index contributed by atoms with van der Waals surface area (Å²) in [4.78, 5) is 10.6. The topological polar surface area (TPSA) is 89.3 Å². The van der Waals surface area contributed by atoms with Crippen LogP contribution in [0.4, 0.5) is 5.69 Å². The number of carboxylic acid groups (broad SMARTS) is 1. The molecule has 0 saturated heterocycles. The molecule has 1 aromatic carbocycles. The summed E-state index contributed by atoms with van der Waals surface area (Å²) in [6.45, 7) is 1.15. The molecular formula is C12H14N4O3. The number of anilines is 1. The van der Waals surface area contributed by atoms with Crippen molar-refractivity contribution in [3.63, 3.8) is 0 Å². The maximum absolute atomic E-state index is 10.6. The summed E-state index contributed by atoms with van der Waals surface area (Å²) in [5.74, 6) is -0.276. The van der Waals surface area contributed by atoms with Crippen molar-refractivity contribution in [1.82, 2.24) is 15.0 Å². The number of hydrogen-bond donors (Lipinski definition) is 2. The smallest absolute Gasteiger partial charge is 0.358 e. The summed E-state index contributed by atoms with van der Waals surface area (Å²) in [6, 6.07) is 7.53. The Balaban J connectivity index is 1.83. The van der Waals surface area contributed by atoms with Gasteiger partial charge in [0.05, 0.1) is 19.9 Å². The van der Waals surface area contributed by atoms with Crippen LogP contribution in [0.3, 0.4) is 0 Å². The number of ether oxygens (including phenoxy) is 1. The number of aromatic nitrogens is 3. The van der Waals surface area contributed by atoms with Crippen LogP contribution in [-0.4, -0.2) is 39.7 Å². The lowest BCUT2D eigenvalue weighted by molar-refractivity contribution is 0.0690. The molecule has 7 heteroatoms. The van der Waals surface area contributed by atoms with Crippen LogP contribution < -0.4 is 10.1 Å². The van der Waals surface area contributed by atoms with Crippen molar-refractivity contribution in [3.8, 4) is 5.75 Å². The van der Waals surface area contributed by atoms with E-state index in [1.165, 1.54) is 10.9 Å². The summed E-state index contributed by atoms with van der Waals surface area (Å²) in [6.07, 6.45) is 1.40. The van der Waals surface area contributed by atoms with E-state index in [2.05, 4.69) is 15.6 Å². The van der Waals surface area contributed by atoms with Gasteiger partial charge in [-0.05, 0) is 24.3 Å². The molecule has 100 valence electrons. The molecule has 0 amide bonds. The Morgan fingerprint density at radius 3 is 2.74 bits per heavy atom. The van der Waals surface area contributed by atoms with Crippen molar-refractivity contribution in [2.45, 2.75) is 6.54 Å².